The van der Waals surface area contributed by atoms with Gasteiger partial charge in [0.25, 0.3) is 5.91 Å². The van der Waals surface area contributed by atoms with Crippen molar-refractivity contribution < 1.29 is 37.5 Å². The third-order valence-corrected chi connectivity index (χ3v) is 10.6. The summed E-state index contributed by atoms with van der Waals surface area (Å²) < 4.78 is 40.2. The quantitative estimate of drug-likeness (QED) is 0.240. The van der Waals surface area contributed by atoms with Crippen LogP contribution in [0, 0.1) is 5.41 Å². The fourth-order valence-electron chi connectivity index (χ4n) is 4.70. The van der Waals surface area contributed by atoms with Gasteiger partial charge in [0.05, 0.1) is 4.88 Å². The van der Waals surface area contributed by atoms with Gasteiger partial charge in [0.15, 0.2) is 5.13 Å². The van der Waals surface area contributed by atoms with Crippen LogP contribution in [0.4, 0.5) is 13.9 Å². The number of anilines is 1. The summed E-state index contributed by atoms with van der Waals surface area (Å²) in [4.78, 5) is 65.5. The predicted molar refractivity (Wildman–Crippen MR) is 163 cm³/mol. The highest BCUT2D eigenvalue weighted by molar-refractivity contribution is 7.52. The van der Waals surface area contributed by atoms with Gasteiger partial charge in [-0.15, -0.1) is 22.7 Å². The Hall–Kier alpha value is -2.77. The highest BCUT2D eigenvalue weighted by atomic mass is 32.1. The van der Waals surface area contributed by atoms with Crippen molar-refractivity contribution in [1.29, 1.82) is 0 Å². The number of fused-ring (bicyclic) bond motifs is 1. The predicted octanol–water partition coefficient (Wildman–Crippen LogP) is 5.66. The lowest BCUT2D eigenvalue weighted by atomic mass is 9.85. The van der Waals surface area contributed by atoms with Crippen molar-refractivity contribution in [2.75, 3.05) is 11.9 Å². The molecule has 3 amide bonds. The molecule has 10 nitrogen and oxygen atoms in total. The second kappa shape index (κ2) is 11.6. The molecular weight excluding hydrogens is 621 g/mol. The molecule has 0 bridgehead atoms. The van der Waals surface area contributed by atoms with Gasteiger partial charge < -0.3 is 25.3 Å². The number of benzene rings is 1. The molecule has 0 spiro atoms. The van der Waals surface area contributed by atoms with Crippen molar-refractivity contribution in [3.05, 3.63) is 45.8 Å². The fourth-order valence-corrected chi connectivity index (χ4v) is 7.00. The highest BCUT2D eigenvalue weighted by Crippen LogP contribution is 2.59. The number of thiophene rings is 1. The molecule has 0 unspecified atom stereocenters. The van der Waals surface area contributed by atoms with Crippen molar-refractivity contribution in [2.24, 2.45) is 5.41 Å². The topological polar surface area (TPSA) is 149 Å². The van der Waals surface area contributed by atoms with Crippen LogP contribution < -0.4 is 10.6 Å². The van der Waals surface area contributed by atoms with Crippen molar-refractivity contribution in [3.63, 3.8) is 0 Å². The molecule has 4 N–H and O–H groups in total. The fraction of sp³-hybridized carbons (Fsp3) is 0.500. The standard InChI is InChI=1S/C28H35F2N4O6PS2/c1-26(2,3)20-14-31-25(43-20)33-22(35)17-8-7-11-34(17)24(37)21(27(4,5)6)32-23(36)19-13-15-12-16(9-10-18(15)42-19)28(29,30)41(38,39)40/h9-10,12-14,17,21H,7-8,11H2,1-6H3,(H,32,36)(H,31,33,35)(H2,38,39,40)/t17-,21+/m0/s1. The van der Waals surface area contributed by atoms with Crippen LogP contribution in [0.2, 0.25) is 0 Å². The summed E-state index contributed by atoms with van der Waals surface area (Å²) in [5.41, 5.74) is -6.13. The van der Waals surface area contributed by atoms with Gasteiger partial charge in [-0.05, 0) is 47.3 Å². The summed E-state index contributed by atoms with van der Waals surface area (Å²) in [6.45, 7) is 11.8. The molecule has 0 aliphatic carbocycles. The number of hydrogen-bond donors (Lipinski definition) is 4. The van der Waals surface area contributed by atoms with Crippen LogP contribution in [-0.4, -0.2) is 56.0 Å². The molecule has 1 saturated heterocycles. The number of aromatic nitrogens is 1. The Morgan fingerprint density at radius 1 is 1.09 bits per heavy atom. The molecule has 4 rings (SSSR count). The normalized spacial score (nSPS) is 17.3. The summed E-state index contributed by atoms with van der Waals surface area (Å²) in [7, 11) is -5.76. The number of nitrogens with one attached hydrogen (secondary N) is 2. The largest absolute Gasteiger partial charge is 0.399 e. The van der Waals surface area contributed by atoms with E-state index in [9.17, 15) is 27.7 Å². The van der Waals surface area contributed by atoms with Gasteiger partial charge >= 0.3 is 13.3 Å². The minimum atomic E-state index is -5.76. The molecule has 234 valence electrons. The minimum absolute atomic E-state index is 0.126. The maximum absolute atomic E-state index is 14.2. The van der Waals surface area contributed by atoms with E-state index < -0.39 is 48.1 Å². The lowest BCUT2D eigenvalue weighted by Crippen LogP contribution is -2.57. The number of amides is 3. The van der Waals surface area contributed by atoms with Gasteiger partial charge in [-0.2, -0.15) is 8.78 Å². The highest BCUT2D eigenvalue weighted by Gasteiger charge is 2.50. The average Bonchev–Trinajstić information content (AvgIpc) is 3.63. The number of alkyl halides is 2. The van der Waals surface area contributed by atoms with Crippen LogP contribution in [0.1, 0.15) is 74.5 Å². The zero-order valence-corrected chi connectivity index (χ0v) is 27.1. The van der Waals surface area contributed by atoms with E-state index in [1.54, 1.807) is 27.0 Å². The van der Waals surface area contributed by atoms with Gasteiger partial charge in [0, 0.05) is 27.9 Å². The summed E-state index contributed by atoms with van der Waals surface area (Å²) in [5.74, 6) is -1.39. The van der Waals surface area contributed by atoms with Crippen molar-refractivity contribution >= 4 is 63.2 Å². The Kier molecular flexibility index (Phi) is 8.96. The van der Waals surface area contributed by atoms with Gasteiger partial charge in [0.1, 0.15) is 12.1 Å². The van der Waals surface area contributed by atoms with E-state index in [2.05, 4.69) is 15.6 Å². The van der Waals surface area contributed by atoms with Crippen LogP contribution in [0.15, 0.2) is 30.5 Å². The lowest BCUT2D eigenvalue weighted by Gasteiger charge is -2.35. The molecule has 43 heavy (non-hydrogen) atoms. The van der Waals surface area contributed by atoms with Crippen LogP contribution in [0.5, 0.6) is 0 Å². The second-order valence-electron chi connectivity index (χ2n) is 12.7. The Balaban J connectivity index is 1.53. The van der Waals surface area contributed by atoms with E-state index in [1.807, 2.05) is 20.8 Å². The number of hydrogen-bond acceptors (Lipinski definition) is 7. The Labute approximate surface area is 256 Å². The number of carbonyl (C=O) groups is 3. The van der Waals surface area contributed by atoms with Crippen LogP contribution in [-0.2, 0) is 25.2 Å². The first-order valence-corrected chi connectivity index (χ1v) is 16.8. The van der Waals surface area contributed by atoms with E-state index in [0.717, 1.165) is 28.3 Å². The first-order valence-electron chi connectivity index (χ1n) is 13.6. The van der Waals surface area contributed by atoms with Crippen LogP contribution in [0.3, 0.4) is 0 Å². The number of nitrogens with zero attached hydrogens (tertiary/aromatic N) is 2. The molecule has 0 radical (unpaired) electrons. The third-order valence-electron chi connectivity index (χ3n) is 7.16. The first-order chi connectivity index (χ1) is 19.7. The van der Waals surface area contributed by atoms with Crippen LogP contribution in [0.25, 0.3) is 10.1 Å². The minimum Gasteiger partial charge on any atom is -0.339 e. The SMILES string of the molecule is CC(C)(C)c1cnc(NC(=O)[C@@H]2CCCN2C(=O)[C@@H](NC(=O)c2cc3cc(C(F)(F)P(=O)(O)O)ccc3s2)C(C)(C)C)s1. The maximum atomic E-state index is 14.2. The van der Waals surface area contributed by atoms with Crippen molar-refractivity contribution in [3.8, 4) is 0 Å². The first kappa shape index (κ1) is 33.1. The Morgan fingerprint density at radius 3 is 2.35 bits per heavy atom. The van der Waals surface area contributed by atoms with Crippen molar-refractivity contribution in [2.45, 2.75) is 77.5 Å². The zero-order chi connectivity index (χ0) is 32.1. The smallest absolute Gasteiger partial charge is 0.339 e. The molecule has 1 aliphatic heterocycles. The van der Waals surface area contributed by atoms with Gasteiger partial charge in [0.2, 0.25) is 11.8 Å². The number of carbonyl (C=O) groups excluding carboxylic acids is 3. The van der Waals surface area contributed by atoms with Gasteiger partial charge in [-0.25, -0.2) is 4.98 Å². The third kappa shape index (κ3) is 6.99. The summed E-state index contributed by atoms with van der Waals surface area (Å²) >= 11 is 2.37. The lowest BCUT2D eigenvalue weighted by molar-refractivity contribution is -0.140. The molecule has 2 atom stereocenters. The van der Waals surface area contributed by atoms with E-state index >= 15 is 0 Å². The van der Waals surface area contributed by atoms with E-state index in [0.29, 0.717) is 29.2 Å². The number of halogens is 2. The van der Waals surface area contributed by atoms with E-state index in [4.69, 9.17) is 9.79 Å². The monoisotopic (exact) mass is 656 g/mol. The molecule has 1 aliphatic rings. The maximum Gasteiger partial charge on any atom is 0.399 e. The van der Waals surface area contributed by atoms with Crippen molar-refractivity contribution in [1.82, 2.24) is 15.2 Å². The number of rotatable bonds is 7. The molecule has 15 heteroatoms. The van der Waals surface area contributed by atoms with Gasteiger partial charge in [-0.3, -0.25) is 18.9 Å². The molecular formula is C28H35F2N4O6PS2. The summed E-state index contributed by atoms with van der Waals surface area (Å²) in [6.07, 6.45) is 2.79. The molecule has 1 fully saturated rings. The Bertz CT molecular complexity index is 1600. The molecule has 1 aromatic carbocycles. The number of likely N-dealkylation sites (tertiary alicyclic amines) is 1. The molecule has 0 saturated carbocycles. The Morgan fingerprint density at radius 2 is 1.77 bits per heavy atom. The summed E-state index contributed by atoms with van der Waals surface area (Å²) in [6, 6.07) is 2.70. The van der Waals surface area contributed by atoms with Crippen LogP contribution >= 0.6 is 30.3 Å². The second-order valence-corrected chi connectivity index (χ2v) is 16.4. The van der Waals surface area contributed by atoms with E-state index in [1.165, 1.54) is 28.4 Å². The van der Waals surface area contributed by atoms with Gasteiger partial charge in [-0.1, -0.05) is 47.6 Å². The van der Waals surface area contributed by atoms with E-state index in [-0.39, 0.29) is 21.6 Å². The molecule has 2 aromatic heterocycles. The number of thiazole rings is 1. The molecule has 3 heterocycles. The average molecular weight is 657 g/mol. The zero-order valence-electron chi connectivity index (χ0n) is 24.6. The summed E-state index contributed by atoms with van der Waals surface area (Å²) in [5, 5.41) is 6.25. The molecule has 3 aromatic rings.